The number of nitrogens with one attached hydrogen (secondary N) is 1. The summed E-state index contributed by atoms with van der Waals surface area (Å²) >= 11 is 11.9. The van der Waals surface area contributed by atoms with Crippen molar-refractivity contribution in [1.82, 2.24) is 4.98 Å². The van der Waals surface area contributed by atoms with E-state index >= 15 is 0 Å². The van der Waals surface area contributed by atoms with Gasteiger partial charge in [-0.1, -0.05) is 47.5 Å². The van der Waals surface area contributed by atoms with Crippen molar-refractivity contribution < 1.29 is 4.79 Å². The molecule has 0 unspecified atom stereocenters. The van der Waals surface area contributed by atoms with Gasteiger partial charge in [-0.3, -0.25) is 9.78 Å². The van der Waals surface area contributed by atoms with Crippen LogP contribution in [-0.2, 0) is 11.2 Å². The van der Waals surface area contributed by atoms with Gasteiger partial charge in [-0.2, -0.15) is 0 Å². The summed E-state index contributed by atoms with van der Waals surface area (Å²) in [4.78, 5) is 16.4. The molecule has 0 bridgehead atoms. The van der Waals surface area contributed by atoms with Gasteiger partial charge in [0, 0.05) is 27.0 Å². The molecule has 0 aliphatic rings. The number of aromatic nitrogens is 1. The molecule has 0 aliphatic carbocycles. The highest BCUT2D eigenvalue weighted by molar-refractivity contribution is 6.34. The Morgan fingerprint density at radius 2 is 1.77 bits per heavy atom. The highest BCUT2D eigenvalue weighted by atomic mass is 35.5. The number of amides is 1. The second-order valence-electron chi connectivity index (χ2n) is 4.91. The molecule has 3 aromatic rings. The van der Waals surface area contributed by atoms with E-state index in [-0.39, 0.29) is 12.3 Å². The Kier molecular flexibility index (Phi) is 4.27. The molecule has 1 N–H and O–H groups in total. The zero-order valence-electron chi connectivity index (χ0n) is 11.5. The Hall–Kier alpha value is -2.10. The first kappa shape index (κ1) is 14.8. The molecule has 5 heteroatoms. The second-order valence-corrected chi connectivity index (χ2v) is 5.78. The molecular formula is C17H12Cl2N2O. The lowest BCUT2D eigenvalue weighted by Gasteiger charge is -2.08. The van der Waals surface area contributed by atoms with Crippen molar-refractivity contribution >= 4 is 45.6 Å². The van der Waals surface area contributed by atoms with Gasteiger partial charge >= 0.3 is 0 Å². The molecule has 2 aromatic carbocycles. The normalized spacial score (nSPS) is 10.6. The maximum atomic E-state index is 12.2. The molecular weight excluding hydrogens is 319 g/mol. The van der Waals surface area contributed by atoms with E-state index in [0.717, 1.165) is 16.3 Å². The lowest BCUT2D eigenvalue weighted by Crippen LogP contribution is -2.14. The monoisotopic (exact) mass is 330 g/mol. The van der Waals surface area contributed by atoms with Crippen LogP contribution in [-0.4, -0.2) is 10.9 Å². The first-order valence-corrected chi connectivity index (χ1v) is 7.45. The molecule has 22 heavy (non-hydrogen) atoms. The Labute approximate surface area is 137 Å². The topological polar surface area (TPSA) is 42.0 Å². The van der Waals surface area contributed by atoms with E-state index in [4.69, 9.17) is 23.2 Å². The van der Waals surface area contributed by atoms with Crippen molar-refractivity contribution in [2.75, 3.05) is 5.32 Å². The number of halogens is 2. The molecule has 1 amide bonds. The lowest BCUT2D eigenvalue weighted by atomic mass is 10.1. The fourth-order valence-corrected chi connectivity index (χ4v) is 2.88. The number of hydrogen-bond donors (Lipinski definition) is 1. The highest BCUT2D eigenvalue weighted by Crippen LogP contribution is 2.23. The average molecular weight is 331 g/mol. The Bertz CT molecular complexity index is 823. The number of carbonyl (C=O) groups is 1. The van der Waals surface area contributed by atoms with Crippen LogP contribution in [0.1, 0.15) is 5.56 Å². The summed E-state index contributed by atoms with van der Waals surface area (Å²) in [5, 5.41) is 5.85. The Morgan fingerprint density at radius 3 is 2.55 bits per heavy atom. The van der Waals surface area contributed by atoms with E-state index in [1.807, 2.05) is 24.3 Å². The van der Waals surface area contributed by atoms with E-state index in [1.165, 1.54) is 0 Å². The summed E-state index contributed by atoms with van der Waals surface area (Å²) < 4.78 is 0. The summed E-state index contributed by atoms with van der Waals surface area (Å²) in [5.74, 6) is -0.142. The quantitative estimate of drug-likeness (QED) is 0.754. The summed E-state index contributed by atoms with van der Waals surface area (Å²) in [5.41, 5.74) is 1.46. The molecule has 0 spiro atoms. The smallest absolute Gasteiger partial charge is 0.228 e. The van der Waals surface area contributed by atoms with Gasteiger partial charge in [0.05, 0.1) is 18.3 Å². The zero-order chi connectivity index (χ0) is 15.5. The number of hydrogen-bond acceptors (Lipinski definition) is 2. The van der Waals surface area contributed by atoms with Crippen LogP contribution in [0.2, 0.25) is 10.0 Å². The largest absolute Gasteiger partial charge is 0.324 e. The van der Waals surface area contributed by atoms with Gasteiger partial charge in [0.15, 0.2) is 0 Å². The predicted molar refractivity (Wildman–Crippen MR) is 90.5 cm³/mol. The standard InChI is InChI=1S/C17H12Cl2N2O/c18-13-5-11(6-14(19)8-13)7-17(22)21-16-10-20-9-12-3-1-2-4-15(12)16/h1-6,8-10H,7H2,(H,21,22). The van der Waals surface area contributed by atoms with E-state index in [9.17, 15) is 4.79 Å². The summed E-state index contributed by atoms with van der Waals surface area (Å²) in [6, 6.07) is 12.9. The van der Waals surface area contributed by atoms with Crippen molar-refractivity contribution in [1.29, 1.82) is 0 Å². The van der Waals surface area contributed by atoms with Crippen LogP contribution >= 0.6 is 23.2 Å². The molecule has 0 saturated heterocycles. The Morgan fingerprint density at radius 1 is 1.05 bits per heavy atom. The fraction of sp³-hybridized carbons (Fsp3) is 0.0588. The Balaban J connectivity index is 1.81. The molecule has 3 rings (SSSR count). The summed E-state index contributed by atoms with van der Waals surface area (Å²) in [7, 11) is 0. The van der Waals surface area contributed by atoms with E-state index in [2.05, 4.69) is 10.3 Å². The summed E-state index contributed by atoms with van der Waals surface area (Å²) in [6.07, 6.45) is 3.61. The van der Waals surface area contributed by atoms with Gasteiger partial charge in [-0.05, 0) is 23.8 Å². The first-order valence-electron chi connectivity index (χ1n) is 6.69. The number of carbonyl (C=O) groups excluding carboxylic acids is 1. The molecule has 0 saturated carbocycles. The maximum absolute atomic E-state index is 12.2. The third-order valence-corrected chi connectivity index (χ3v) is 3.67. The molecule has 110 valence electrons. The maximum Gasteiger partial charge on any atom is 0.228 e. The van der Waals surface area contributed by atoms with Gasteiger partial charge in [0.1, 0.15) is 0 Å². The highest BCUT2D eigenvalue weighted by Gasteiger charge is 2.08. The van der Waals surface area contributed by atoms with Gasteiger partial charge in [0.25, 0.3) is 0 Å². The fourth-order valence-electron chi connectivity index (χ4n) is 2.31. The van der Waals surface area contributed by atoms with E-state index in [0.29, 0.717) is 15.7 Å². The number of anilines is 1. The minimum atomic E-state index is -0.142. The lowest BCUT2D eigenvalue weighted by molar-refractivity contribution is -0.115. The van der Waals surface area contributed by atoms with Crippen LogP contribution in [0, 0.1) is 0 Å². The number of fused-ring (bicyclic) bond motifs is 1. The summed E-state index contributed by atoms with van der Waals surface area (Å²) in [6.45, 7) is 0. The number of nitrogens with zero attached hydrogens (tertiary/aromatic N) is 1. The van der Waals surface area contributed by atoms with Crippen LogP contribution < -0.4 is 5.32 Å². The molecule has 0 radical (unpaired) electrons. The van der Waals surface area contributed by atoms with E-state index < -0.39 is 0 Å². The van der Waals surface area contributed by atoms with Crippen LogP contribution in [0.5, 0.6) is 0 Å². The van der Waals surface area contributed by atoms with Crippen molar-refractivity contribution in [2.45, 2.75) is 6.42 Å². The third kappa shape index (κ3) is 3.38. The molecule has 0 fully saturated rings. The van der Waals surface area contributed by atoms with Gasteiger partial charge in [-0.25, -0.2) is 0 Å². The van der Waals surface area contributed by atoms with Crippen molar-refractivity contribution in [3.05, 3.63) is 70.5 Å². The molecule has 0 aliphatic heterocycles. The second kappa shape index (κ2) is 6.34. The SMILES string of the molecule is O=C(Cc1cc(Cl)cc(Cl)c1)Nc1cncc2ccccc12. The predicted octanol–water partition coefficient (Wildman–Crippen LogP) is 4.72. The van der Waals surface area contributed by atoms with Crippen molar-refractivity contribution in [3.63, 3.8) is 0 Å². The van der Waals surface area contributed by atoms with Crippen molar-refractivity contribution in [3.8, 4) is 0 Å². The molecule has 1 heterocycles. The third-order valence-electron chi connectivity index (χ3n) is 3.23. The molecule has 1 aromatic heterocycles. The van der Waals surface area contributed by atoms with Gasteiger partial charge in [0.2, 0.25) is 5.91 Å². The van der Waals surface area contributed by atoms with Gasteiger partial charge < -0.3 is 5.32 Å². The minimum Gasteiger partial charge on any atom is -0.324 e. The number of rotatable bonds is 3. The van der Waals surface area contributed by atoms with Gasteiger partial charge in [-0.15, -0.1) is 0 Å². The average Bonchev–Trinajstić information content (AvgIpc) is 2.46. The number of benzene rings is 2. The van der Waals surface area contributed by atoms with Crippen LogP contribution in [0.25, 0.3) is 10.8 Å². The molecule has 0 atom stereocenters. The first-order chi connectivity index (χ1) is 10.6. The zero-order valence-corrected chi connectivity index (χ0v) is 13.0. The van der Waals surface area contributed by atoms with E-state index in [1.54, 1.807) is 30.6 Å². The van der Waals surface area contributed by atoms with Crippen molar-refractivity contribution in [2.24, 2.45) is 0 Å². The number of pyridine rings is 1. The molecule has 3 nitrogen and oxygen atoms in total. The van der Waals surface area contributed by atoms with Crippen LogP contribution in [0.15, 0.2) is 54.9 Å². The minimum absolute atomic E-state index is 0.142. The van der Waals surface area contributed by atoms with Crippen LogP contribution in [0.4, 0.5) is 5.69 Å². The van der Waals surface area contributed by atoms with Crippen LogP contribution in [0.3, 0.4) is 0 Å².